The van der Waals surface area contributed by atoms with Gasteiger partial charge in [-0.05, 0) is 24.6 Å². The molecule has 0 aliphatic heterocycles. The van der Waals surface area contributed by atoms with Gasteiger partial charge in [0.1, 0.15) is 0 Å². The lowest BCUT2D eigenvalue weighted by molar-refractivity contribution is 0.0946. The molecule has 0 saturated heterocycles. The maximum absolute atomic E-state index is 11.9. The van der Waals surface area contributed by atoms with Crippen LogP contribution < -0.4 is 5.32 Å². The number of aromatic amines is 1. The fourth-order valence-electron chi connectivity index (χ4n) is 1.48. The number of benzene rings is 1. The summed E-state index contributed by atoms with van der Waals surface area (Å²) >= 11 is 17.6. The molecular formula is C12H10Cl3N3O. The third kappa shape index (κ3) is 3.21. The minimum atomic E-state index is -0.347. The van der Waals surface area contributed by atoms with Crippen LogP contribution in [0.15, 0.2) is 18.2 Å². The number of rotatable bonds is 3. The van der Waals surface area contributed by atoms with E-state index in [0.29, 0.717) is 27.3 Å². The highest BCUT2D eigenvalue weighted by Gasteiger charge is 2.15. The molecule has 1 heterocycles. The highest BCUT2D eigenvalue weighted by Crippen LogP contribution is 2.22. The topological polar surface area (TPSA) is 57.8 Å². The van der Waals surface area contributed by atoms with Gasteiger partial charge in [0.25, 0.3) is 5.91 Å². The SMILES string of the molecule is Cc1[nH]nc(C(=O)NCc2ccc(Cl)c(Cl)c2)c1Cl. The summed E-state index contributed by atoms with van der Waals surface area (Å²) in [6.45, 7) is 2.06. The molecule has 0 fully saturated rings. The zero-order valence-corrected chi connectivity index (χ0v) is 12.2. The molecule has 0 atom stereocenters. The van der Waals surface area contributed by atoms with Gasteiger partial charge in [0.15, 0.2) is 5.69 Å². The Labute approximate surface area is 125 Å². The van der Waals surface area contributed by atoms with E-state index in [1.807, 2.05) is 0 Å². The van der Waals surface area contributed by atoms with Crippen molar-refractivity contribution in [2.24, 2.45) is 0 Å². The molecule has 1 aromatic heterocycles. The van der Waals surface area contributed by atoms with E-state index in [2.05, 4.69) is 15.5 Å². The predicted molar refractivity (Wildman–Crippen MR) is 76.0 cm³/mol. The van der Waals surface area contributed by atoms with E-state index < -0.39 is 0 Å². The van der Waals surface area contributed by atoms with Crippen LogP contribution >= 0.6 is 34.8 Å². The normalized spacial score (nSPS) is 10.5. The van der Waals surface area contributed by atoms with Crippen LogP contribution in [0.4, 0.5) is 0 Å². The average molecular weight is 319 g/mol. The standard InChI is InChI=1S/C12H10Cl3N3O/c1-6-10(15)11(18-17-6)12(19)16-5-7-2-3-8(13)9(14)4-7/h2-4H,5H2,1H3,(H,16,19)(H,17,18). The molecule has 2 aromatic rings. The highest BCUT2D eigenvalue weighted by molar-refractivity contribution is 6.42. The molecule has 100 valence electrons. The number of nitrogens with zero attached hydrogens (tertiary/aromatic N) is 1. The molecule has 0 aliphatic rings. The Bertz CT molecular complexity index is 625. The van der Waals surface area contributed by atoms with Crippen LogP contribution in [0.25, 0.3) is 0 Å². The summed E-state index contributed by atoms with van der Waals surface area (Å²) in [6.07, 6.45) is 0. The van der Waals surface area contributed by atoms with Gasteiger partial charge in [0.2, 0.25) is 0 Å². The molecule has 2 N–H and O–H groups in total. The molecule has 1 amide bonds. The third-order valence-electron chi connectivity index (χ3n) is 2.52. The Hall–Kier alpha value is -1.23. The number of nitrogens with one attached hydrogen (secondary N) is 2. The van der Waals surface area contributed by atoms with Gasteiger partial charge in [0, 0.05) is 6.54 Å². The molecule has 4 nitrogen and oxygen atoms in total. The number of aromatic nitrogens is 2. The van der Waals surface area contributed by atoms with E-state index in [4.69, 9.17) is 34.8 Å². The fraction of sp³-hybridized carbons (Fsp3) is 0.167. The zero-order valence-electron chi connectivity index (χ0n) is 9.93. The molecule has 0 unspecified atom stereocenters. The summed E-state index contributed by atoms with van der Waals surface area (Å²) in [5.41, 5.74) is 1.67. The Morgan fingerprint density at radius 2 is 2.05 bits per heavy atom. The van der Waals surface area contributed by atoms with Crippen LogP contribution in [-0.4, -0.2) is 16.1 Å². The maximum atomic E-state index is 11.9. The van der Waals surface area contributed by atoms with Crippen molar-refractivity contribution in [2.45, 2.75) is 13.5 Å². The van der Waals surface area contributed by atoms with Gasteiger partial charge < -0.3 is 5.32 Å². The number of H-pyrrole nitrogens is 1. The Balaban J connectivity index is 2.04. The maximum Gasteiger partial charge on any atom is 0.273 e. The summed E-state index contributed by atoms with van der Waals surface area (Å²) in [5, 5.41) is 10.4. The van der Waals surface area contributed by atoms with Crippen molar-refractivity contribution in [2.75, 3.05) is 0 Å². The van der Waals surface area contributed by atoms with Crippen molar-refractivity contribution in [1.29, 1.82) is 0 Å². The van der Waals surface area contributed by atoms with Crippen molar-refractivity contribution in [1.82, 2.24) is 15.5 Å². The van der Waals surface area contributed by atoms with Crippen molar-refractivity contribution in [3.05, 3.63) is 50.2 Å². The van der Waals surface area contributed by atoms with Crippen molar-refractivity contribution >= 4 is 40.7 Å². The van der Waals surface area contributed by atoms with Crippen molar-refractivity contribution in [3.63, 3.8) is 0 Å². The molecule has 1 aromatic carbocycles. The molecule has 0 spiro atoms. The van der Waals surface area contributed by atoms with Crippen LogP contribution in [0.3, 0.4) is 0 Å². The monoisotopic (exact) mass is 317 g/mol. The molecule has 0 bridgehead atoms. The lowest BCUT2D eigenvalue weighted by atomic mass is 10.2. The molecule has 0 saturated carbocycles. The molecule has 2 rings (SSSR count). The second-order valence-corrected chi connectivity index (χ2v) is 5.13. The first-order valence-corrected chi connectivity index (χ1v) is 6.55. The Morgan fingerprint density at radius 1 is 1.32 bits per heavy atom. The van der Waals surface area contributed by atoms with E-state index in [1.165, 1.54) is 0 Å². The summed E-state index contributed by atoms with van der Waals surface area (Å²) in [5.74, 6) is -0.347. The number of amides is 1. The fourth-order valence-corrected chi connectivity index (χ4v) is 1.97. The Morgan fingerprint density at radius 3 is 2.63 bits per heavy atom. The number of carbonyl (C=O) groups is 1. The molecule has 0 radical (unpaired) electrons. The lowest BCUT2D eigenvalue weighted by Gasteiger charge is -2.05. The number of hydrogen-bond donors (Lipinski definition) is 2. The van der Waals surface area contributed by atoms with Gasteiger partial charge in [-0.1, -0.05) is 40.9 Å². The van der Waals surface area contributed by atoms with Gasteiger partial charge >= 0.3 is 0 Å². The average Bonchev–Trinajstić information content (AvgIpc) is 2.71. The van der Waals surface area contributed by atoms with Crippen LogP contribution in [0.5, 0.6) is 0 Å². The first kappa shape index (κ1) is 14.2. The summed E-state index contributed by atoms with van der Waals surface area (Å²) in [4.78, 5) is 11.9. The smallest absolute Gasteiger partial charge is 0.273 e. The van der Waals surface area contributed by atoms with Crippen molar-refractivity contribution in [3.8, 4) is 0 Å². The molecule has 0 aliphatic carbocycles. The van der Waals surface area contributed by atoms with Gasteiger partial charge in [-0.15, -0.1) is 0 Å². The van der Waals surface area contributed by atoms with Crippen LogP contribution in [0.1, 0.15) is 21.7 Å². The summed E-state index contributed by atoms with van der Waals surface area (Å²) in [6, 6.07) is 5.16. The largest absolute Gasteiger partial charge is 0.347 e. The summed E-state index contributed by atoms with van der Waals surface area (Å²) < 4.78 is 0. The lowest BCUT2D eigenvalue weighted by Crippen LogP contribution is -2.23. The first-order chi connectivity index (χ1) is 8.99. The van der Waals surface area contributed by atoms with Crippen LogP contribution in [0.2, 0.25) is 15.1 Å². The van der Waals surface area contributed by atoms with Gasteiger partial charge in [-0.2, -0.15) is 5.10 Å². The van der Waals surface area contributed by atoms with Gasteiger partial charge in [-0.25, -0.2) is 0 Å². The van der Waals surface area contributed by atoms with E-state index in [1.54, 1.807) is 25.1 Å². The number of carbonyl (C=O) groups excluding carboxylic acids is 1. The molecule has 19 heavy (non-hydrogen) atoms. The minimum absolute atomic E-state index is 0.180. The quantitative estimate of drug-likeness (QED) is 0.908. The van der Waals surface area contributed by atoms with E-state index in [-0.39, 0.29) is 11.6 Å². The van der Waals surface area contributed by atoms with E-state index in [0.717, 1.165) is 5.56 Å². The Kier molecular flexibility index (Phi) is 4.34. The number of aryl methyl sites for hydroxylation is 1. The summed E-state index contributed by atoms with van der Waals surface area (Å²) in [7, 11) is 0. The highest BCUT2D eigenvalue weighted by atomic mass is 35.5. The van der Waals surface area contributed by atoms with Gasteiger partial charge in [-0.3, -0.25) is 9.89 Å². The number of hydrogen-bond acceptors (Lipinski definition) is 2. The third-order valence-corrected chi connectivity index (χ3v) is 3.73. The van der Waals surface area contributed by atoms with Crippen LogP contribution in [0, 0.1) is 6.92 Å². The zero-order chi connectivity index (χ0) is 14.0. The van der Waals surface area contributed by atoms with E-state index >= 15 is 0 Å². The second kappa shape index (κ2) is 5.82. The van der Waals surface area contributed by atoms with Crippen LogP contribution in [-0.2, 0) is 6.54 Å². The molecule has 7 heteroatoms. The number of halogens is 3. The minimum Gasteiger partial charge on any atom is -0.347 e. The van der Waals surface area contributed by atoms with Gasteiger partial charge in [0.05, 0.1) is 20.8 Å². The first-order valence-electron chi connectivity index (χ1n) is 5.41. The molecular weight excluding hydrogens is 309 g/mol. The second-order valence-electron chi connectivity index (χ2n) is 3.94. The van der Waals surface area contributed by atoms with Crippen molar-refractivity contribution < 1.29 is 4.79 Å². The predicted octanol–water partition coefficient (Wildman–Crippen LogP) is 3.61. The van der Waals surface area contributed by atoms with E-state index in [9.17, 15) is 4.79 Å².